The first-order valence-corrected chi connectivity index (χ1v) is 7.41. The monoisotopic (exact) mass is 276 g/mol. The van der Waals surface area contributed by atoms with Crippen LogP contribution >= 0.6 is 0 Å². The maximum atomic E-state index is 11.6. The molecule has 4 heteroatoms. The number of ether oxygens (including phenoxy) is 1. The number of hydrogen-bond acceptors (Lipinski definition) is 3. The number of nitrogens with one attached hydrogen (secondary N) is 2. The summed E-state index contributed by atoms with van der Waals surface area (Å²) in [6.45, 7) is 5.33. The molecule has 1 aliphatic rings. The number of carbonyl (C=O) groups excluding carboxylic acids is 1. The van der Waals surface area contributed by atoms with Gasteiger partial charge in [0.2, 0.25) is 5.91 Å². The fraction of sp³-hybridized carbons (Fsp3) is 0.562. The molecule has 1 aromatic rings. The number of hydrogen-bond donors (Lipinski definition) is 2. The maximum absolute atomic E-state index is 11.6. The largest absolute Gasteiger partial charge is 0.377 e. The molecule has 2 rings (SSSR count). The van der Waals surface area contributed by atoms with Gasteiger partial charge in [0, 0.05) is 13.2 Å². The number of benzene rings is 1. The zero-order chi connectivity index (χ0) is 14.2. The Kier molecular flexibility index (Phi) is 6.02. The quantitative estimate of drug-likeness (QED) is 0.723. The fourth-order valence-electron chi connectivity index (χ4n) is 1.95. The minimum absolute atomic E-state index is 0.0593. The first-order valence-electron chi connectivity index (χ1n) is 7.41. The van der Waals surface area contributed by atoms with Gasteiger partial charge >= 0.3 is 0 Å². The molecule has 0 bridgehead atoms. The van der Waals surface area contributed by atoms with Crippen molar-refractivity contribution in [1.29, 1.82) is 0 Å². The summed E-state index contributed by atoms with van der Waals surface area (Å²) in [4.78, 5) is 11.6. The molecule has 2 N–H and O–H groups in total. The normalized spacial score (nSPS) is 14.2. The van der Waals surface area contributed by atoms with E-state index in [-0.39, 0.29) is 5.91 Å². The average Bonchev–Trinajstić information content (AvgIpc) is 3.28. The summed E-state index contributed by atoms with van der Waals surface area (Å²) in [6, 6.07) is 8.16. The SMILES string of the molecule is CCOCc1ccc(CNC(=O)CNCC2CC2)cc1. The molecule has 110 valence electrons. The Labute approximate surface area is 120 Å². The second-order valence-electron chi connectivity index (χ2n) is 5.30. The van der Waals surface area contributed by atoms with Crippen LogP contribution in [0, 0.1) is 5.92 Å². The third-order valence-corrected chi connectivity index (χ3v) is 3.40. The van der Waals surface area contributed by atoms with Gasteiger partial charge in [-0.15, -0.1) is 0 Å². The van der Waals surface area contributed by atoms with E-state index in [1.54, 1.807) is 0 Å². The molecule has 1 aliphatic carbocycles. The molecule has 0 spiro atoms. The van der Waals surface area contributed by atoms with Crippen LogP contribution in [-0.4, -0.2) is 25.6 Å². The summed E-state index contributed by atoms with van der Waals surface area (Å²) < 4.78 is 5.35. The third kappa shape index (κ3) is 5.72. The Morgan fingerprint density at radius 1 is 1.25 bits per heavy atom. The van der Waals surface area contributed by atoms with Crippen LogP contribution in [0.5, 0.6) is 0 Å². The first kappa shape index (κ1) is 15.0. The molecule has 0 radical (unpaired) electrons. The lowest BCUT2D eigenvalue weighted by Gasteiger charge is -2.07. The zero-order valence-corrected chi connectivity index (χ0v) is 12.2. The molecule has 4 nitrogen and oxygen atoms in total. The average molecular weight is 276 g/mol. The molecule has 1 fully saturated rings. The van der Waals surface area contributed by atoms with Crippen LogP contribution in [0.4, 0.5) is 0 Å². The third-order valence-electron chi connectivity index (χ3n) is 3.40. The van der Waals surface area contributed by atoms with Crippen molar-refractivity contribution in [3.8, 4) is 0 Å². The predicted octanol–water partition coefficient (Wildman–Crippen LogP) is 1.84. The Morgan fingerprint density at radius 2 is 1.95 bits per heavy atom. The van der Waals surface area contributed by atoms with Gasteiger partial charge in [-0.3, -0.25) is 4.79 Å². The van der Waals surface area contributed by atoms with E-state index in [0.29, 0.717) is 19.7 Å². The van der Waals surface area contributed by atoms with Crippen LogP contribution in [-0.2, 0) is 22.7 Å². The van der Waals surface area contributed by atoms with E-state index in [0.717, 1.165) is 30.2 Å². The number of carbonyl (C=O) groups is 1. The first-order chi connectivity index (χ1) is 9.78. The minimum atomic E-state index is 0.0593. The van der Waals surface area contributed by atoms with Crippen LogP contribution in [0.1, 0.15) is 30.9 Å². The maximum Gasteiger partial charge on any atom is 0.234 e. The highest BCUT2D eigenvalue weighted by Crippen LogP contribution is 2.27. The molecule has 0 heterocycles. The van der Waals surface area contributed by atoms with Gasteiger partial charge in [-0.05, 0) is 43.4 Å². The van der Waals surface area contributed by atoms with Gasteiger partial charge < -0.3 is 15.4 Å². The summed E-state index contributed by atoms with van der Waals surface area (Å²) in [6.07, 6.45) is 2.62. The van der Waals surface area contributed by atoms with Crippen LogP contribution in [0.25, 0.3) is 0 Å². The second kappa shape index (κ2) is 8.02. The van der Waals surface area contributed by atoms with E-state index in [1.165, 1.54) is 12.8 Å². The molecule has 0 saturated heterocycles. The van der Waals surface area contributed by atoms with Crippen molar-refractivity contribution in [2.24, 2.45) is 5.92 Å². The molecule has 0 aliphatic heterocycles. The fourth-order valence-corrected chi connectivity index (χ4v) is 1.95. The highest BCUT2D eigenvalue weighted by atomic mass is 16.5. The molecule has 20 heavy (non-hydrogen) atoms. The summed E-state index contributed by atoms with van der Waals surface area (Å²) in [5.41, 5.74) is 2.27. The lowest BCUT2D eigenvalue weighted by molar-refractivity contribution is -0.120. The van der Waals surface area contributed by atoms with Crippen molar-refractivity contribution in [2.45, 2.75) is 32.9 Å². The summed E-state index contributed by atoms with van der Waals surface area (Å²) >= 11 is 0. The second-order valence-corrected chi connectivity index (χ2v) is 5.30. The summed E-state index contributed by atoms with van der Waals surface area (Å²) in [7, 11) is 0. The van der Waals surface area contributed by atoms with Crippen LogP contribution < -0.4 is 10.6 Å². The van der Waals surface area contributed by atoms with Crippen molar-refractivity contribution < 1.29 is 9.53 Å². The molecule has 1 saturated carbocycles. The van der Waals surface area contributed by atoms with Gasteiger partial charge in [-0.1, -0.05) is 24.3 Å². The summed E-state index contributed by atoms with van der Waals surface area (Å²) in [5, 5.41) is 6.11. The van der Waals surface area contributed by atoms with Gasteiger partial charge in [0.25, 0.3) is 0 Å². The highest BCUT2D eigenvalue weighted by molar-refractivity contribution is 5.77. The van der Waals surface area contributed by atoms with Crippen LogP contribution in [0.3, 0.4) is 0 Å². The molecular formula is C16H24N2O2. The van der Waals surface area contributed by atoms with E-state index >= 15 is 0 Å². The lowest BCUT2D eigenvalue weighted by Crippen LogP contribution is -2.34. The van der Waals surface area contributed by atoms with Crippen molar-refractivity contribution in [3.63, 3.8) is 0 Å². The van der Waals surface area contributed by atoms with Gasteiger partial charge in [0.05, 0.1) is 13.2 Å². The number of rotatable bonds is 9. The zero-order valence-electron chi connectivity index (χ0n) is 12.2. The van der Waals surface area contributed by atoms with E-state index in [9.17, 15) is 4.79 Å². The molecular weight excluding hydrogens is 252 g/mol. The summed E-state index contributed by atoms with van der Waals surface area (Å²) in [5.74, 6) is 0.865. The van der Waals surface area contributed by atoms with Crippen molar-refractivity contribution in [3.05, 3.63) is 35.4 Å². The van der Waals surface area contributed by atoms with Crippen LogP contribution in [0.2, 0.25) is 0 Å². The molecule has 1 aromatic carbocycles. The minimum Gasteiger partial charge on any atom is -0.377 e. The van der Waals surface area contributed by atoms with Crippen LogP contribution in [0.15, 0.2) is 24.3 Å². The Morgan fingerprint density at radius 3 is 2.60 bits per heavy atom. The van der Waals surface area contributed by atoms with E-state index < -0.39 is 0 Å². The van der Waals surface area contributed by atoms with Gasteiger partial charge in [-0.2, -0.15) is 0 Å². The van der Waals surface area contributed by atoms with E-state index in [1.807, 2.05) is 31.2 Å². The molecule has 1 amide bonds. The molecule has 0 aromatic heterocycles. The van der Waals surface area contributed by atoms with Gasteiger partial charge in [0.15, 0.2) is 0 Å². The smallest absolute Gasteiger partial charge is 0.234 e. The lowest BCUT2D eigenvalue weighted by atomic mass is 10.1. The van der Waals surface area contributed by atoms with Crippen molar-refractivity contribution >= 4 is 5.91 Å². The van der Waals surface area contributed by atoms with E-state index in [2.05, 4.69) is 10.6 Å². The Bertz CT molecular complexity index is 413. The number of amides is 1. The van der Waals surface area contributed by atoms with E-state index in [4.69, 9.17) is 4.74 Å². The Hall–Kier alpha value is -1.39. The van der Waals surface area contributed by atoms with Crippen molar-refractivity contribution in [2.75, 3.05) is 19.7 Å². The topological polar surface area (TPSA) is 50.4 Å². The standard InChI is InChI=1S/C16H24N2O2/c1-2-20-12-15-7-5-14(6-8-15)10-18-16(19)11-17-9-13-3-4-13/h5-8,13,17H,2-4,9-12H2,1H3,(H,18,19). The van der Waals surface area contributed by atoms with Gasteiger partial charge in [-0.25, -0.2) is 0 Å². The Balaban J connectivity index is 1.63. The predicted molar refractivity (Wildman–Crippen MR) is 79.2 cm³/mol. The van der Waals surface area contributed by atoms with Crippen molar-refractivity contribution in [1.82, 2.24) is 10.6 Å². The molecule has 0 atom stereocenters. The molecule has 0 unspecified atom stereocenters. The van der Waals surface area contributed by atoms with Gasteiger partial charge in [0.1, 0.15) is 0 Å². The highest BCUT2D eigenvalue weighted by Gasteiger charge is 2.20.